The van der Waals surface area contributed by atoms with E-state index in [9.17, 15) is 4.79 Å². The van der Waals surface area contributed by atoms with Gasteiger partial charge in [-0.05, 0) is 13.8 Å². The van der Waals surface area contributed by atoms with Crippen molar-refractivity contribution in [3.8, 4) is 0 Å². The first-order chi connectivity index (χ1) is 8.08. The van der Waals surface area contributed by atoms with Gasteiger partial charge in [-0.25, -0.2) is 9.97 Å². The molecule has 0 fully saturated rings. The molecule has 0 amide bonds. The van der Waals surface area contributed by atoms with Crippen LogP contribution in [0, 0.1) is 6.92 Å². The number of nitrogens with one attached hydrogen (secondary N) is 2. The molecule has 1 atom stereocenters. The van der Waals surface area contributed by atoms with E-state index in [2.05, 4.69) is 20.3 Å². The lowest BCUT2D eigenvalue weighted by Gasteiger charge is -2.11. The predicted octanol–water partition coefficient (Wildman–Crippen LogP) is 0.822. The number of aryl methyl sites for hydroxylation is 1. The number of H-pyrrole nitrogens is 1. The summed E-state index contributed by atoms with van der Waals surface area (Å²) in [6, 6.07) is -0.222. The molecule has 2 aromatic rings. The Morgan fingerprint density at radius 2 is 2.29 bits per heavy atom. The Morgan fingerprint density at radius 1 is 1.53 bits per heavy atom. The van der Waals surface area contributed by atoms with E-state index in [4.69, 9.17) is 10.2 Å². The molecule has 0 bridgehead atoms. The van der Waals surface area contributed by atoms with Crippen molar-refractivity contribution >= 4 is 11.5 Å². The molecule has 1 unspecified atom stereocenters. The largest absolute Gasteiger partial charge is 0.444 e. The van der Waals surface area contributed by atoms with Gasteiger partial charge in [0.2, 0.25) is 5.89 Å². The minimum absolute atomic E-state index is 0.0441. The van der Waals surface area contributed by atoms with Gasteiger partial charge >= 0.3 is 0 Å². The quantitative estimate of drug-likeness (QED) is 0.726. The molecule has 2 aromatic heterocycles. The Balaban J connectivity index is 2.21. The first kappa shape index (κ1) is 11.2. The molecular formula is C10H13N5O2. The predicted molar refractivity (Wildman–Crippen MR) is 62.5 cm³/mol. The van der Waals surface area contributed by atoms with Crippen LogP contribution in [0.1, 0.15) is 24.6 Å². The van der Waals surface area contributed by atoms with Crippen molar-refractivity contribution in [2.24, 2.45) is 0 Å². The van der Waals surface area contributed by atoms with E-state index in [0.29, 0.717) is 11.7 Å². The number of rotatable bonds is 3. The van der Waals surface area contributed by atoms with Crippen LogP contribution in [0.15, 0.2) is 21.7 Å². The zero-order valence-electron chi connectivity index (χ0n) is 9.52. The van der Waals surface area contributed by atoms with Crippen LogP contribution in [0.2, 0.25) is 0 Å². The molecule has 0 aliphatic heterocycles. The summed E-state index contributed by atoms with van der Waals surface area (Å²) >= 11 is 0. The highest BCUT2D eigenvalue weighted by Crippen LogP contribution is 2.19. The van der Waals surface area contributed by atoms with E-state index in [1.807, 2.05) is 13.8 Å². The standard InChI is InChI=1S/C10H13N5O2/c1-5-3-12-10(17-5)6(2)15-8-7(11)9(16)14-4-13-8/h3-4,6H,11H2,1-2H3,(H2,13,14,15,16). The van der Waals surface area contributed by atoms with Gasteiger partial charge in [0, 0.05) is 0 Å². The number of nitrogens with zero attached hydrogens (tertiary/aromatic N) is 2. The summed E-state index contributed by atoms with van der Waals surface area (Å²) in [5, 5.41) is 2.97. The highest BCUT2D eigenvalue weighted by Gasteiger charge is 2.14. The molecule has 7 heteroatoms. The highest BCUT2D eigenvalue weighted by molar-refractivity contribution is 5.59. The third kappa shape index (κ3) is 2.27. The first-order valence-corrected chi connectivity index (χ1v) is 5.10. The SMILES string of the molecule is Cc1cnc(C(C)Nc2nc[nH]c(=O)c2N)o1. The molecule has 2 rings (SSSR count). The highest BCUT2D eigenvalue weighted by atomic mass is 16.4. The van der Waals surface area contributed by atoms with Crippen LogP contribution in [0.25, 0.3) is 0 Å². The lowest BCUT2D eigenvalue weighted by molar-refractivity contribution is 0.453. The smallest absolute Gasteiger partial charge is 0.276 e. The summed E-state index contributed by atoms with van der Waals surface area (Å²) in [6.07, 6.45) is 2.91. The summed E-state index contributed by atoms with van der Waals surface area (Å²) in [7, 11) is 0. The molecule has 0 saturated heterocycles. The number of aromatic amines is 1. The van der Waals surface area contributed by atoms with E-state index < -0.39 is 0 Å². The summed E-state index contributed by atoms with van der Waals surface area (Å²) < 4.78 is 5.36. The molecular weight excluding hydrogens is 222 g/mol. The average Bonchev–Trinajstić information content (AvgIpc) is 2.72. The Kier molecular flexibility index (Phi) is 2.82. The zero-order valence-corrected chi connectivity index (χ0v) is 9.52. The molecule has 0 spiro atoms. The van der Waals surface area contributed by atoms with E-state index in [0.717, 1.165) is 5.76 Å². The molecule has 0 saturated carbocycles. The topological polar surface area (TPSA) is 110 Å². The third-order valence-electron chi connectivity index (χ3n) is 2.25. The minimum Gasteiger partial charge on any atom is -0.444 e. The molecule has 0 radical (unpaired) electrons. The fraction of sp³-hybridized carbons (Fsp3) is 0.300. The Labute approximate surface area is 97.1 Å². The molecule has 0 aliphatic carbocycles. The van der Waals surface area contributed by atoms with Crippen LogP contribution in [-0.2, 0) is 0 Å². The number of nitrogens with two attached hydrogens (primary N) is 1. The fourth-order valence-corrected chi connectivity index (χ4v) is 1.36. The number of hydrogen-bond acceptors (Lipinski definition) is 6. The van der Waals surface area contributed by atoms with E-state index in [1.165, 1.54) is 6.33 Å². The molecule has 90 valence electrons. The lowest BCUT2D eigenvalue weighted by atomic mass is 10.3. The van der Waals surface area contributed by atoms with Gasteiger partial charge in [-0.1, -0.05) is 0 Å². The summed E-state index contributed by atoms with van der Waals surface area (Å²) in [4.78, 5) is 21.7. The number of nitrogen functional groups attached to an aromatic ring is 1. The lowest BCUT2D eigenvalue weighted by Crippen LogP contribution is -2.17. The molecule has 2 heterocycles. The van der Waals surface area contributed by atoms with Gasteiger partial charge in [0.05, 0.1) is 12.5 Å². The maximum Gasteiger partial charge on any atom is 0.276 e. The number of hydrogen-bond donors (Lipinski definition) is 3. The Hall–Kier alpha value is -2.31. The maximum absolute atomic E-state index is 11.3. The second-order valence-electron chi connectivity index (χ2n) is 3.67. The second kappa shape index (κ2) is 4.28. The van der Waals surface area contributed by atoms with Gasteiger partial charge in [0.25, 0.3) is 5.56 Å². The molecule has 17 heavy (non-hydrogen) atoms. The average molecular weight is 235 g/mol. The Bertz CT molecular complexity index is 574. The molecule has 0 aromatic carbocycles. The van der Waals surface area contributed by atoms with Crippen molar-refractivity contribution in [1.29, 1.82) is 0 Å². The van der Waals surface area contributed by atoms with Crippen molar-refractivity contribution in [2.45, 2.75) is 19.9 Å². The van der Waals surface area contributed by atoms with Crippen molar-refractivity contribution in [3.63, 3.8) is 0 Å². The second-order valence-corrected chi connectivity index (χ2v) is 3.67. The molecule has 7 nitrogen and oxygen atoms in total. The van der Waals surface area contributed by atoms with Gasteiger partial charge in [-0.15, -0.1) is 0 Å². The van der Waals surface area contributed by atoms with Gasteiger partial charge in [-0.3, -0.25) is 4.79 Å². The van der Waals surface area contributed by atoms with E-state index >= 15 is 0 Å². The van der Waals surface area contributed by atoms with Crippen molar-refractivity contribution in [3.05, 3.63) is 34.5 Å². The van der Waals surface area contributed by atoms with Crippen molar-refractivity contribution in [2.75, 3.05) is 11.1 Å². The number of anilines is 2. The summed E-state index contributed by atoms with van der Waals surface area (Å²) in [6.45, 7) is 3.65. The monoisotopic (exact) mass is 235 g/mol. The van der Waals surface area contributed by atoms with Gasteiger partial charge in [0.15, 0.2) is 5.82 Å². The van der Waals surface area contributed by atoms with Crippen molar-refractivity contribution < 1.29 is 4.42 Å². The van der Waals surface area contributed by atoms with Crippen LogP contribution >= 0.6 is 0 Å². The number of oxazole rings is 1. The Morgan fingerprint density at radius 3 is 2.94 bits per heavy atom. The summed E-state index contributed by atoms with van der Waals surface area (Å²) in [5.41, 5.74) is 5.26. The van der Waals surface area contributed by atoms with Crippen LogP contribution in [-0.4, -0.2) is 15.0 Å². The van der Waals surface area contributed by atoms with E-state index in [1.54, 1.807) is 6.20 Å². The van der Waals surface area contributed by atoms with Gasteiger partial charge in [-0.2, -0.15) is 0 Å². The third-order valence-corrected chi connectivity index (χ3v) is 2.25. The molecule has 4 N–H and O–H groups in total. The number of aromatic nitrogens is 3. The fourth-order valence-electron chi connectivity index (χ4n) is 1.36. The van der Waals surface area contributed by atoms with Gasteiger partial charge < -0.3 is 20.5 Å². The minimum atomic E-state index is -0.377. The normalized spacial score (nSPS) is 12.4. The first-order valence-electron chi connectivity index (χ1n) is 5.10. The maximum atomic E-state index is 11.3. The zero-order chi connectivity index (χ0) is 12.4. The van der Waals surface area contributed by atoms with Crippen LogP contribution < -0.4 is 16.6 Å². The van der Waals surface area contributed by atoms with Crippen LogP contribution in [0.4, 0.5) is 11.5 Å². The van der Waals surface area contributed by atoms with E-state index in [-0.39, 0.29) is 17.3 Å². The summed E-state index contributed by atoms with van der Waals surface area (Å²) in [5.74, 6) is 1.56. The molecule has 0 aliphatic rings. The van der Waals surface area contributed by atoms with Crippen molar-refractivity contribution in [1.82, 2.24) is 15.0 Å². The van der Waals surface area contributed by atoms with Crippen LogP contribution in [0.5, 0.6) is 0 Å². The van der Waals surface area contributed by atoms with Crippen LogP contribution in [0.3, 0.4) is 0 Å². The van der Waals surface area contributed by atoms with Gasteiger partial charge in [0.1, 0.15) is 17.5 Å².